The van der Waals surface area contributed by atoms with Gasteiger partial charge in [-0.15, -0.1) is 10.2 Å². The zero-order valence-corrected chi connectivity index (χ0v) is 18.2. The molecule has 35 heavy (non-hydrogen) atoms. The molecule has 1 aliphatic heterocycles. The van der Waals surface area contributed by atoms with E-state index in [1.54, 1.807) is 65.6 Å². The Morgan fingerprint density at radius 2 is 1.74 bits per heavy atom. The van der Waals surface area contributed by atoms with Gasteiger partial charge in [-0.1, -0.05) is 48.5 Å². The summed E-state index contributed by atoms with van der Waals surface area (Å²) in [7, 11) is 0. The molecule has 7 nitrogen and oxygen atoms in total. The Labute approximate surface area is 198 Å². The fourth-order valence-electron chi connectivity index (χ4n) is 4.24. The van der Waals surface area contributed by atoms with Crippen molar-refractivity contribution >= 4 is 5.91 Å². The van der Waals surface area contributed by atoms with Crippen LogP contribution in [0.15, 0.2) is 77.2 Å². The van der Waals surface area contributed by atoms with E-state index in [1.165, 1.54) is 6.07 Å². The highest BCUT2D eigenvalue weighted by Gasteiger charge is 2.38. The maximum atomic E-state index is 13.5. The molecular weight excluding hydrogens is 454 g/mol. The molecule has 0 radical (unpaired) electrons. The van der Waals surface area contributed by atoms with Crippen LogP contribution in [0.25, 0.3) is 11.5 Å². The largest absolute Gasteiger partial charge is 0.415 e. The molecule has 1 amide bonds. The van der Waals surface area contributed by atoms with Crippen molar-refractivity contribution in [1.82, 2.24) is 15.1 Å². The number of aliphatic hydroxyl groups excluding tert-OH is 1. The van der Waals surface area contributed by atoms with E-state index in [0.717, 1.165) is 0 Å². The summed E-state index contributed by atoms with van der Waals surface area (Å²) in [4.78, 5) is 15.1. The average molecular weight is 472 g/mol. The van der Waals surface area contributed by atoms with Crippen molar-refractivity contribution in [2.45, 2.75) is 25.1 Å². The van der Waals surface area contributed by atoms with E-state index < -0.39 is 24.5 Å². The average Bonchev–Trinajstić information content (AvgIpc) is 3.51. The van der Waals surface area contributed by atoms with Gasteiger partial charge in [-0.3, -0.25) is 4.79 Å². The first-order valence-electron chi connectivity index (χ1n) is 10.7. The van der Waals surface area contributed by atoms with E-state index in [0.29, 0.717) is 33.4 Å². The molecule has 2 unspecified atom stereocenters. The third kappa shape index (κ3) is 4.16. The predicted molar refractivity (Wildman–Crippen MR) is 120 cm³/mol. The maximum Gasteiger partial charge on any atom is 0.314 e. The van der Waals surface area contributed by atoms with Crippen LogP contribution < -0.4 is 0 Å². The summed E-state index contributed by atoms with van der Waals surface area (Å²) in [5, 5.41) is 27.5. The van der Waals surface area contributed by atoms with Crippen molar-refractivity contribution in [2.24, 2.45) is 0 Å². The number of carbonyl (C=O) groups excluding carboxylic acids is 1. The number of hydrogen-bond donors (Lipinski definition) is 1. The molecule has 4 aromatic rings. The van der Waals surface area contributed by atoms with E-state index >= 15 is 0 Å². The predicted octanol–water partition coefficient (Wildman–Crippen LogP) is 4.98. The maximum absolute atomic E-state index is 13.5. The molecule has 1 aromatic heterocycles. The second-order valence-corrected chi connectivity index (χ2v) is 8.09. The molecule has 5 rings (SSSR count). The van der Waals surface area contributed by atoms with Crippen LogP contribution in [0.1, 0.15) is 57.1 Å². The molecule has 0 fully saturated rings. The molecule has 0 saturated heterocycles. The van der Waals surface area contributed by atoms with Crippen LogP contribution in [0, 0.1) is 11.3 Å². The Kier molecular flexibility index (Phi) is 5.81. The minimum Gasteiger partial charge on any atom is -0.415 e. The molecule has 9 heteroatoms. The summed E-state index contributed by atoms with van der Waals surface area (Å²) in [6.45, 7) is 0.231. The number of aliphatic hydroxyl groups is 1. The normalized spacial score (nSPS) is 14.6. The molecule has 0 spiro atoms. The van der Waals surface area contributed by atoms with Gasteiger partial charge in [0.2, 0.25) is 5.89 Å². The van der Waals surface area contributed by atoms with Gasteiger partial charge in [0.05, 0.1) is 17.7 Å². The van der Waals surface area contributed by atoms with E-state index in [2.05, 4.69) is 16.3 Å². The van der Waals surface area contributed by atoms with Gasteiger partial charge in [0.25, 0.3) is 11.8 Å². The van der Waals surface area contributed by atoms with Crippen molar-refractivity contribution in [3.05, 3.63) is 107 Å². The highest BCUT2D eigenvalue weighted by atomic mass is 19.3. The standard InChI is InChI=1S/C26H18F2N4O3/c27-23(28)25-31-30-24(35-25)18-10-11-19-14-32(26(34)20(19)12-18)21(16-8-6-15(13-29)7-9-16)22(33)17-4-2-1-3-5-17/h1-12,21-23,33H,14H2. The Morgan fingerprint density at radius 3 is 2.40 bits per heavy atom. The van der Waals surface area contributed by atoms with Gasteiger partial charge in [0, 0.05) is 17.7 Å². The number of hydrogen-bond acceptors (Lipinski definition) is 6. The van der Waals surface area contributed by atoms with E-state index in [1.807, 2.05) is 6.07 Å². The summed E-state index contributed by atoms with van der Waals surface area (Å²) in [6.07, 6.45) is -3.93. The number of fused-ring (bicyclic) bond motifs is 1. The first-order valence-corrected chi connectivity index (χ1v) is 10.7. The molecule has 0 saturated carbocycles. The summed E-state index contributed by atoms with van der Waals surface area (Å²) in [6, 6.07) is 21.9. The summed E-state index contributed by atoms with van der Waals surface area (Å²) in [5.41, 5.74) is 3.18. The number of amides is 1. The molecule has 0 bridgehead atoms. The lowest BCUT2D eigenvalue weighted by Crippen LogP contribution is -2.33. The van der Waals surface area contributed by atoms with Gasteiger partial charge < -0.3 is 14.4 Å². The van der Waals surface area contributed by atoms with Crippen LogP contribution in [0.2, 0.25) is 0 Å². The number of carbonyl (C=O) groups is 1. The molecule has 0 aliphatic carbocycles. The van der Waals surface area contributed by atoms with Gasteiger partial charge in [-0.25, -0.2) is 0 Å². The Bertz CT molecular complexity index is 1410. The van der Waals surface area contributed by atoms with Gasteiger partial charge in [0.15, 0.2) is 0 Å². The number of aromatic nitrogens is 2. The number of nitrogens with zero attached hydrogens (tertiary/aromatic N) is 4. The van der Waals surface area contributed by atoms with Gasteiger partial charge >= 0.3 is 6.43 Å². The van der Waals surface area contributed by atoms with Crippen LogP contribution in [-0.2, 0) is 6.54 Å². The van der Waals surface area contributed by atoms with E-state index in [9.17, 15) is 18.7 Å². The first kappa shape index (κ1) is 22.4. The van der Waals surface area contributed by atoms with Crippen LogP contribution in [-0.4, -0.2) is 26.1 Å². The third-order valence-electron chi connectivity index (χ3n) is 5.97. The Morgan fingerprint density at radius 1 is 1.00 bits per heavy atom. The van der Waals surface area contributed by atoms with Crippen LogP contribution in [0.3, 0.4) is 0 Å². The lowest BCUT2D eigenvalue weighted by Gasteiger charge is -2.32. The summed E-state index contributed by atoms with van der Waals surface area (Å²) in [5.74, 6) is -1.23. The van der Waals surface area contributed by atoms with Crippen molar-refractivity contribution in [3.8, 4) is 17.5 Å². The molecule has 2 heterocycles. The lowest BCUT2D eigenvalue weighted by molar-refractivity contribution is 0.0360. The van der Waals surface area contributed by atoms with Crippen molar-refractivity contribution in [1.29, 1.82) is 5.26 Å². The van der Waals surface area contributed by atoms with Gasteiger partial charge in [-0.05, 0) is 41.0 Å². The number of benzene rings is 3. The molecule has 2 atom stereocenters. The second kappa shape index (κ2) is 9.08. The summed E-state index contributed by atoms with van der Waals surface area (Å²) < 4.78 is 30.7. The number of alkyl halides is 2. The topological polar surface area (TPSA) is 103 Å². The van der Waals surface area contributed by atoms with Crippen LogP contribution in [0.4, 0.5) is 8.78 Å². The van der Waals surface area contributed by atoms with Crippen molar-refractivity contribution in [2.75, 3.05) is 0 Å². The molecule has 1 N–H and O–H groups in total. The quantitative estimate of drug-likeness (QED) is 0.425. The third-order valence-corrected chi connectivity index (χ3v) is 5.97. The van der Waals surface area contributed by atoms with E-state index in [-0.39, 0.29) is 18.3 Å². The monoisotopic (exact) mass is 472 g/mol. The lowest BCUT2D eigenvalue weighted by atomic mass is 9.94. The molecular formula is C26H18F2N4O3. The van der Waals surface area contributed by atoms with E-state index in [4.69, 9.17) is 9.68 Å². The molecule has 174 valence electrons. The Hall–Kier alpha value is -4.42. The van der Waals surface area contributed by atoms with Crippen molar-refractivity contribution < 1.29 is 23.1 Å². The van der Waals surface area contributed by atoms with Crippen molar-refractivity contribution in [3.63, 3.8) is 0 Å². The SMILES string of the molecule is N#Cc1ccc(C(C(O)c2ccccc2)N2Cc3ccc(-c4nnc(C(F)F)o4)cc3C2=O)cc1. The Balaban J connectivity index is 1.52. The number of rotatable bonds is 6. The highest BCUT2D eigenvalue weighted by molar-refractivity contribution is 5.99. The minimum absolute atomic E-state index is 0.109. The zero-order valence-electron chi connectivity index (χ0n) is 18.2. The fraction of sp³-hybridized carbons (Fsp3) is 0.154. The van der Waals surface area contributed by atoms with Gasteiger partial charge in [0.1, 0.15) is 6.10 Å². The molecule has 3 aromatic carbocycles. The fourth-order valence-corrected chi connectivity index (χ4v) is 4.24. The second-order valence-electron chi connectivity index (χ2n) is 8.09. The zero-order chi connectivity index (χ0) is 24.5. The number of halogens is 2. The molecule has 1 aliphatic rings. The van der Waals surface area contributed by atoms with Gasteiger partial charge in [-0.2, -0.15) is 14.0 Å². The first-order chi connectivity index (χ1) is 17.0. The number of nitriles is 1. The van der Waals surface area contributed by atoms with Crippen LogP contribution in [0.5, 0.6) is 0 Å². The summed E-state index contributed by atoms with van der Waals surface area (Å²) >= 11 is 0. The highest BCUT2D eigenvalue weighted by Crippen LogP contribution is 2.40. The smallest absolute Gasteiger partial charge is 0.314 e. The van der Waals surface area contributed by atoms with Crippen LogP contribution >= 0.6 is 0 Å². The minimum atomic E-state index is -2.89.